The zero-order chi connectivity index (χ0) is 19.1. The molecule has 1 amide bonds. The van der Waals surface area contributed by atoms with Crippen LogP contribution in [0.5, 0.6) is 5.75 Å². The molecule has 4 heterocycles. The number of benzene rings is 2. The number of fused-ring (bicyclic) bond motifs is 4. The fraction of sp³-hybridized carbons (Fsp3) is 0.348. The number of carbonyl (C=O) groups excluding carboxylic acids is 1. The summed E-state index contributed by atoms with van der Waals surface area (Å²) in [4.78, 5) is 15.3. The first-order valence-corrected chi connectivity index (χ1v) is 9.91. The van der Waals surface area contributed by atoms with E-state index in [1.54, 1.807) is 7.11 Å². The lowest BCUT2D eigenvalue weighted by Crippen LogP contribution is -2.57. The van der Waals surface area contributed by atoms with E-state index in [1.807, 2.05) is 48.5 Å². The van der Waals surface area contributed by atoms with Crippen LogP contribution >= 0.6 is 12.4 Å². The van der Waals surface area contributed by atoms with Crippen molar-refractivity contribution in [3.05, 3.63) is 54.3 Å². The Morgan fingerprint density at radius 2 is 1.93 bits per heavy atom. The van der Waals surface area contributed by atoms with E-state index in [0.717, 1.165) is 47.5 Å². The highest BCUT2D eigenvalue weighted by Crippen LogP contribution is 2.33. The summed E-state index contributed by atoms with van der Waals surface area (Å²) in [6.07, 6.45) is 2.34. The second-order valence-electron chi connectivity index (χ2n) is 7.78. The molecule has 1 atom stereocenters. The number of nitrogens with zero attached hydrogens (tertiary/aromatic N) is 1. The normalized spacial score (nSPS) is 22.9. The van der Waals surface area contributed by atoms with Crippen molar-refractivity contribution in [2.75, 3.05) is 26.7 Å². The summed E-state index contributed by atoms with van der Waals surface area (Å²) in [6, 6.07) is 15.9. The van der Waals surface area contributed by atoms with Crippen molar-refractivity contribution in [1.29, 1.82) is 0 Å². The van der Waals surface area contributed by atoms with Crippen LogP contribution < -0.4 is 10.1 Å². The molecule has 0 unspecified atom stereocenters. The third-order valence-corrected chi connectivity index (χ3v) is 6.12. The number of ether oxygens (including phenoxy) is 1. The smallest absolute Gasteiger partial charge is 0.287 e. The van der Waals surface area contributed by atoms with Crippen LogP contribution in [0.4, 0.5) is 0 Å². The van der Waals surface area contributed by atoms with E-state index in [9.17, 15) is 4.79 Å². The number of piperidine rings is 3. The zero-order valence-electron chi connectivity index (χ0n) is 16.4. The number of hydrogen-bond donors (Lipinski definition) is 1. The van der Waals surface area contributed by atoms with Gasteiger partial charge in [0.1, 0.15) is 11.3 Å². The van der Waals surface area contributed by atoms with Crippen molar-refractivity contribution < 1.29 is 13.9 Å². The molecule has 3 saturated heterocycles. The molecular formula is C23H25ClN2O3. The first-order chi connectivity index (χ1) is 13.7. The summed E-state index contributed by atoms with van der Waals surface area (Å²) in [6.45, 7) is 3.27. The first kappa shape index (κ1) is 19.8. The van der Waals surface area contributed by atoms with Gasteiger partial charge < -0.3 is 19.4 Å². The Morgan fingerprint density at radius 3 is 2.66 bits per heavy atom. The SMILES string of the molecule is COc1cccc(-c2cccc3cc(C(=O)N[C@@H]4CN5CCC4CC5)oc23)c1.Cl. The van der Waals surface area contributed by atoms with E-state index in [1.165, 1.54) is 12.8 Å². The Labute approximate surface area is 176 Å². The molecule has 0 aliphatic carbocycles. The lowest BCUT2D eigenvalue weighted by molar-refractivity contribution is 0.0607. The fourth-order valence-corrected chi connectivity index (χ4v) is 4.56. The molecule has 0 radical (unpaired) electrons. The van der Waals surface area contributed by atoms with Gasteiger partial charge in [0.05, 0.1) is 7.11 Å². The summed E-state index contributed by atoms with van der Waals surface area (Å²) in [5.41, 5.74) is 2.69. The zero-order valence-corrected chi connectivity index (χ0v) is 17.2. The van der Waals surface area contributed by atoms with Gasteiger partial charge in [-0.05, 0) is 55.6 Å². The number of nitrogens with one attached hydrogen (secondary N) is 1. The van der Waals surface area contributed by atoms with Gasteiger partial charge in [-0.15, -0.1) is 12.4 Å². The number of carbonyl (C=O) groups is 1. The number of rotatable bonds is 4. The van der Waals surface area contributed by atoms with E-state index in [0.29, 0.717) is 11.7 Å². The van der Waals surface area contributed by atoms with Crippen molar-refractivity contribution >= 4 is 29.3 Å². The molecule has 2 bridgehead atoms. The molecule has 5 nitrogen and oxygen atoms in total. The quantitative estimate of drug-likeness (QED) is 0.692. The second kappa shape index (κ2) is 8.09. The average Bonchev–Trinajstić information content (AvgIpc) is 3.19. The van der Waals surface area contributed by atoms with Crippen LogP contribution in [0.15, 0.2) is 52.9 Å². The molecule has 29 heavy (non-hydrogen) atoms. The first-order valence-electron chi connectivity index (χ1n) is 9.91. The molecule has 3 aliphatic heterocycles. The molecule has 3 aliphatic rings. The van der Waals surface area contributed by atoms with Gasteiger partial charge in [-0.25, -0.2) is 0 Å². The molecule has 6 heteroatoms. The maximum absolute atomic E-state index is 12.9. The third kappa shape index (κ3) is 3.72. The molecule has 0 saturated carbocycles. The lowest BCUT2D eigenvalue weighted by atomic mass is 9.84. The number of amides is 1. The Bertz CT molecular complexity index is 1020. The predicted octanol–water partition coefficient (Wildman–Crippen LogP) is 4.35. The topological polar surface area (TPSA) is 54.7 Å². The van der Waals surface area contributed by atoms with Gasteiger partial charge in [0.15, 0.2) is 5.76 Å². The Kier molecular flexibility index (Phi) is 5.52. The minimum Gasteiger partial charge on any atom is -0.497 e. The van der Waals surface area contributed by atoms with Crippen LogP contribution in [0.3, 0.4) is 0 Å². The molecular weight excluding hydrogens is 388 g/mol. The minimum atomic E-state index is -0.119. The number of furan rings is 1. The monoisotopic (exact) mass is 412 g/mol. The van der Waals surface area contributed by atoms with Crippen LogP contribution in [0.2, 0.25) is 0 Å². The van der Waals surface area contributed by atoms with E-state index in [2.05, 4.69) is 10.2 Å². The highest BCUT2D eigenvalue weighted by atomic mass is 35.5. The van der Waals surface area contributed by atoms with Gasteiger partial charge in [0, 0.05) is 23.5 Å². The number of methoxy groups -OCH3 is 1. The highest BCUT2D eigenvalue weighted by molar-refractivity contribution is 6.00. The minimum absolute atomic E-state index is 0. The molecule has 1 N–H and O–H groups in total. The van der Waals surface area contributed by atoms with Gasteiger partial charge in [0.25, 0.3) is 5.91 Å². The Morgan fingerprint density at radius 1 is 1.14 bits per heavy atom. The molecule has 152 valence electrons. The molecule has 2 aromatic carbocycles. The summed E-state index contributed by atoms with van der Waals surface area (Å²) in [5, 5.41) is 4.14. The van der Waals surface area contributed by atoms with Crippen molar-refractivity contribution in [2.24, 2.45) is 5.92 Å². The van der Waals surface area contributed by atoms with Crippen molar-refractivity contribution in [3.8, 4) is 16.9 Å². The second-order valence-corrected chi connectivity index (χ2v) is 7.78. The molecule has 3 fully saturated rings. The highest BCUT2D eigenvalue weighted by Gasteiger charge is 2.35. The van der Waals surface area contributed by atoms with Gasteiger partial charge >= 0.3 is 0 Å². The summed E-state index contributed by atoms with van der Waals surface area (Å²) < 4.78 is 11.4. The van der Waals surface area contributed by atoms with E-state index >= 15 is 0 Å². The standard InChI is InChI=1S/C23H24N2O3.ClH/c1-27-18-6-2-4-16(12-18)19-7-3-5-17-13-21(28-22(17)19)23(26)24-20-14-25-10-8-15(20)9-11-25;/h2-7,12-13,15,20H,8-11,14H2,1H3,(H,24,26);1H/t20-;/m1./s1. The molecule has 1 aromatic heterocycles. The van der Waals surface area contributed by atoms with Gasteiger partial charge in [-0.2, -0.15) is 0 Å². The average molecular weight is 413 g/mol. The number of para-hydroxylation sites is 1. The lowest BCUT2D eigenvalue weighted by Gasteiger charge is -2.44. The van der Waals surface area contributed by atoms with Gasteiger partial charge in [-0.3, -0.25) is 4.79 Å². The summed E-state index contributed by atoms with van der Waals surface area (Å²) in [7, 11) is 1.66. The van der Waals surface area contributed by atoms with Crippen molar-refractivity contribution in [3.63, 3.8) is 0 Å². The van der Waals surface area contributed by atoms with Crippen LogP contribution in [0.1, 0.15) is 23.4 Å². The predicted molar refractivity (Wildman–Crippen MR) is 116 cm³/mol. The van der Waals surface area contributed by atoms with Crippen molar-refractivity contribution in [1.82, 2.24) is 10.2 Å². The van der Waals surface area contributed by atoms with Crippen LogP contribution in [0, 0.1) is 5.92 Å². The van der Waals surface area contributed by atoms with Crippen LogP contribution in [-0.4, -0.2) is 43.6 Å². The molecule has 0 spiro atoms. The van der Waals surface area contributed by atoms with Crippen LogP contribution in [-0.2, 0) is 0 Å². The largest absolute Gasteiger partial charge is 0.497 e. The van der Waals surface area contributed by atoms with Crippen LogP contribution in [0.25, 0.3) is 22.1 Å². The van der Waals surface area contributed by atoms with Gasteiger partial charge in [0.2, 0.25) is 0 Å². The Balaban J connectivity index is 0.00000205. The van der Waals surface area contributed by atoms with E-state index < -0.39 is 0 Å². The maximum atomic E-state index is 12.9. The molecule has 6 rings (SSSR count). The maximum Gasteiger partial charge on any atom is 0.287 e. The van der Waals surface area contributed by atoms with E-state index in [4.69, 9.17) is 9.15 Å². The van der Waals surface area contributed by atoms with Crippen molar-refractivity contribution in [2.45, 2.75) is 18.9 Å². The third-order valence-electron chi connectivity index (χ3n) is 6.12. The Hall–Kier alpha value is -2.50. The summed E-state index contributed by atoms with van der Waals surface area (Å²) >= 11 is 0. The summed E-state index contributed by atoms with van der Waals surface area (Å²) in [5.74, 6) is 1.64. The number of hydrogen-bond acceptors (Lipinski definition) is 4. The fourth-order valence-electron chi connectivity index (χ4n) is 4.56. The molecule has 3 aromatic rings. The number of halogens is 1. The van der Waals surface area contributed by atoms with Gasteiger partial charge in [-0.1, -0.05) is 30.3 Å². The van der Waals surface area contributed by atoms with E-state index in [-0.39, 0.29) is 24.4 Å².